The van der Waals surface area contributed by atoms with Gasteiger partial charge in [0.15, 0.2) is 0 Å². The highest BCUT2D eigenvalue weighted by Crippen LogP contribution is 2.27. The smallest absolute Gasteiger partial charge is 0.321 e. The van der Waals surface area contributed by atoms with Crippen molar-refractivity contribution in [3.05, 3.63) is 60.2 Å². The van der Waals surface area contributed by atoms with Crippen LogP contribution >= 0.6 is 0 Å². The molecule has 2 N–H and O–H groups in total. The van der Waals surface area contributed by atoms with Gasteiger partial charge in [0.1, 0.15) is 0 Å². The molecular weight excluding hydrogens is 388 g/mol. The molecule has 0 atom stereocenters. The highest BCUT2D eigenvalue weighted by molar-refractivity contribution is 7.89. The molecule has 0 bridgehead atoms. The highest BCUT2D eigenvalue weighted by Gasteiger charge is 2.32. The van der Waals surface area contributed by atoms with E-state index < -0.39 is 10.0 Å². The van der Waals surface area contributed by atoms with Gasteiger partial charge in [-0.15, -0.1) is 0 Å². The van der Waals surface area contributed by atoms with Crippen molar-refractivity contribution in [3.63, 3.8) is 0 Å². The van der Waals surface area contributed by atoms with Gasteiger partial charge in [0.2, 0.25) is 10.0 Å². The number of nitrogens with one attached hydrogen (secondary N) is 2. The number of anilines is 1. The maximum atomic E-state index is 12.5. The Morgan fingerprint density at radius 1 is 0.931 bits per heavy atom. The molecule has 1 aliphatic carbocycles. The minimum absolute atomic E-state index is 0.141. The van der Waals surface area contributed by atoms with Gasteiger partial charge < -0.3 is 10.2 Å². The maximum Gasteiger partial charge on any atom is 0.321 e. The summed E-state index contributed by atoms with van der Waals surface area (Å²) in [5.41, 5.74) is 1.48. The topological polar surface area (TPSA) is 81.7 Å². The number of hydrogen-bond donors (Lipinski definition) is 2. The van der Waals surface area contributed by atoms with Crippen LogP contribution in [-0.2, 0) is 16.6 Å². The van der Waals surface area contributed by atoms with E-state index in [2.05, 4.69) is 14.9 Å². The third-order valence-corrected chi connectivity index (χ3v) is 6.81. The summed E-state index contributed by atoms with van der Waals surface area (Å²) in [6.07, 6.45) is 2.56. The zero-order valence-corrected chi connectivity index (χ0v) is 17.1. The van der Waals surface area contributed by atoms with Crippen LogP contribution in [-0.4, -0.2) is 56.5 Å². The lowest BCUT2D eigenvalue weighted by molar-refractivity contribution is 0.142. The molecular formula is C21H26N4O3S. The fourth-order valence-electron chi connectivity index (χ4n) is 3.51. The van der Waals surface area contributed by atoms with Crippen LogP contribution in [0.1, 0.15) is 18.4 Å². The third-order valence-electron chi connectivity index (χ3n) is 5.39. The largest absolute Gasteiger partial charge is 0.322 e. The van der Waals surface area contributed by atoms with Crippen LogP contribution in [0.4, 0.5) is 10.5 Å². The molecule has 1 saturated carbocycles. The number of benzene rings is 2. The molecule has 0 unspecified atom stereocenters. The molecule has 2 amide bonds. The lowest BCUT2D eigenvalue weighted by atomic mass is 10.2. The van der Waals surface area contributed by atoms with Crippen molar-refractivity contribution >= 4 is 21.7 Å². The Labute approximate surface area is 171 Å². The molecule has 29 heavy (non-hydrogen) atoms. The number of carbonyl (C=O) groups is 1. The molecule has 154 valence electrons. The van der Waals surface area contributed by atoms with E-state index in [0.717, 1.165) is 37.8 Å². The SMILES string of the molecule is O=C(Nc1ccc(S(=O)(=O)NCc2ccccc2)cc1)N1CCN(C2CC2)CC1. The second-order valence-corrected chi connectivity index (χ2v) is 9.29. The molecule has 2 aromatic carbocycles. The Bertz CT molecular complexity index is 936. The van der Waals surface area contributed by atoms with Crippen molar-refractivity contribution in [2.45, 2.75) is 30.3 Å². The zero-order chi connectivity index (χ0) is 20.3. The second kappa shape index (κ2) is 8.52. The Balaban J connectivity index is 1.30. The van der Waals surface area contributed by atoms with Gasteiger partial charge in [0, 0.05) is 44.5 Å². The summed E-state index contributed by atoms with van der Waals surface area (Å²) in [6, 6.07) is 16.2. The standard InChI is InChI=1S/C21H26N4O3S/c26-21(25-14-12-24(13-15-25)19-8-9-19)23-18-6-10-20(11-7-18)29(27,28)22-16-17-4-2-1-3-5-17/h1-7,10-11,19,22H,8-9,12-16H2,(H,23,26). The van der Waals surface area contributed by atoms with E-state index in [4.69, 9.17) is 0 Å². The van der Waals surface area contributed by atoms with E-state index >= 15 is 0 Å². The van der Waals surface area contributed by atoms with Gasteiger partial charge in [-0.2, -0.15) is 0 Å². The van der Waals surface area contributed by atoms with Crippen molar-refractivity contribution in [3.8, 4) is 0 Å². The number of piperazine rings is 1. The Morgan fingerprint density at radius 3 is 2.21 bits per heavy atom. The van der Waals surface area contributed by atoms with Crippen LogP contribution < -0.4 is 10.0 Å². The number of carbonyl (C=O) groups excluding carboxylic acids is 1. The maximum absolute atomic E-state index is 12.5. The number of urea groups is 1. The minimum Gasteiger partial charge on any atom is -0.322 e. The monoisotopic (exact) mass is 414 g/mol. The summed E-state index contributed by atoms with van der Waals surface area (Å²) in [5.74, 6) is 0. The van der Waals surface area contributed by atoms with Crippen LogP contribution in [0.3, 0.4) is 0 Å². The van der Waals surface area contributed by atoms with E-state index in [-0.39, 0.29) is 17.5 Å². The first-order valence-corrected chi connectivity index (χ1v) is 11.4. The van der Waals surface area contributed by atoms with Crippen LogP contribution in [0.15, 0.2) is 59.5 Å². The van der Waals surface area contributed by atoms with Gasteiger partial charge >= 0.3 is 6.03 Å². The van der Waals surface area contributed by atoms with Crippen molar-refractivity contribution in [1.82, 2.24) is 14.5 Å². The quantitative estimate of drug-likeness (QED) is 0.761. The number of amides is 2. The number of rotatable bonds is 6. The molecule has 7 nitrogen and oxygen atoms in total. The first-order valence-electron chi connectivity index (χ1n) is 9.95. The van der Waals surface area contributed by atoms with E-state index in [1.165, 1.54) is 25.0 Å². The molecule has 0 radical (unpaired) electrons. The summed E-state index contributed by atoms with van der Waals surface area (Å²) in [5, 5.41) is 2.86. The number of sulfonamides is 1. The summed E-state index contributed by atoms with van der Waals surface area (Å²) in [4.78, 5) is 16.9. The minimum atomic E-state index is -3.61. The van der Waals surface area contributed by atoms with Gasteiger partial charge in [-0.25, -0.2) is 17.9 Å². The van der Waals surface area contributed by atoms with Crippen molar-refractivity contribution in [2.75, 3.05) is 31.5 Å². The van der Waals surface area contributed by atoms with Crippen molar-refractivity contribution in [1.29, 1.82) is 0 Å². The van der Waals surface area contributed by atoms with Crippen molar-refractivity contribution < 1.29 is 13.2 Å². The van der Waals surface area contributed by atoms with Crippen molar-refractivity contribution in [2.24, 2.45) is 0 Å². The highest BCUT2D eigenvalue weighted by atomic mass is 32.2. The van der Waals surface area contributed by atoms with E-state index in [0.29, 0.717) is 5.69 Å². The number of hydrogen-bond acceptors (Lipinski definition) is 4. The van der Waals surface area contributed by atoms with Gasteiger partial charge in [0.25, 0.3) is 0 Å². The summed E-state index contributed by atoms with van der Waals surface area (Å²) in [7, 11) is -3.61. The third kappa shape index (κ3) is 5.14. The normalized spacial score (nSPS) is 17.9. The first-order chi connectivity index (χ1) is 14.0. The Hall–Kier alpha value is -2.42. The van der Waals surface area contributed by atoms with Crippen LogP contribution in [0.25, 0.3) is 0 Å². The molecule has 0 aromatic heterocycles. The molecule has 8 heteroatoms. The average Bonchev–Trinajstić information content (AvgIpc) is 3.59. The summed E-state index contributed by atoms with van der Waals surface area (Å²) < 4.78 is 27.5. The fourth-order valence-corrected chi connectivity index (χ4v) is 4.53. The molecule has 1 aliphatic heterocycles. The van der Waals surface area contributed by atoms with E-state index in [9.17, 15) is 13.2 Å². The summed E-state index contributed by atoms with van der Waals surface area (Å²) in [6.45, 7) is 3.51. The number of nitrogens with zero attached hydrogens (tertiary/aromatic N) is 2. The lowest BCUT2D eigenvalue weighted by Crippen LogP contribution is -2.50. The van der Waals surface area contributed by atoms with Gasteiger partial charge in [-0.1, -0.05) is 30.3 Å². The molecule has 2 aliphatic rings. The molecule has 2 aromatic rings. The molecule has 4 rings (SSSR count). The Morgan fingerprint density at radius 2 is 1.59 bits per heavy atom. The second-order valence-electron chi connectivity index (χ2n) is 7.52. The summed E-state index contributed by atoms with van der Waals surface area (Å²) >= 11 is 0. The van der Waals surface area contributed by atoms with Gasteiger partial charge in [0.05, 0.1) is 4.90 Å². The molecule has 2 fully saturated rings. The predicted molar refractivity (Wildman–Crippen MR) is 112 cm³/mol. The van der Waals surface area contributed by atoms with E-state index in [1.54, 1.807) is 12.1 Å². The fraction of sp³-hybridized carbons (Fsp3) is 0.381. The van der Waals surface area contributed by atoms with Crippen LogP contribution in [0, 0.1) is 0 Å². The molecule has 1 saturated heterocycles. The van der Waals surface area contributed by atoms with E-state index in [1.807, 2.05) is 35.2 Å². The van der Waals surface area contributed by atoms with Crippen LogP contribution in [0.5, 0.6) is 0 Å². The zero-order valence-electron chi connectivity index (χ0n) is 16.3. The van der Waals surface area contributed by atoms with Crippen LogP contribution in [0.2, 0.25) is 0 Å². The lowest BCUT2D eigenvalue weighted by Gasteiger charge is -2.34. The van der Waals surface area contributed by atoms with Gasteiger partial charge in [-0.05, 0) is 42.7 Å². The predicted octanol–water partition coefficient (Wildman–Crippen LogP) is 2.48. The molecule has 0 spiro atoms. The molecule has 1 heterocycles. The van der Waals surface area contributed by atoms with Gasteiger partial charge in [-0.3, -0.25) is 4.90 Å². The first kappa shape index (κ1) is 19.9. The Kier molecular flexibility index (Phi) is 5.84. The average molecular weight is 415 g/mol.